The maximum atomic E-state index is 11.6. The topological polar surface area (TPSA) is 91.3 Å². The summed E-state index contributed by atoms with van der Waals surface area (Å²) in [6, 6.07) is 19.1. The first-order valence-electron chi connectivity index (χ1n) is 10.4. The van der Waals surface area contributed by atoms with Gasteiger partial charge in [0.05, 0.1) is 32.5 Å². The van der Waals surface area contributed by atoms with Crippen LogP contribution in [-0.2, 0) is 41.8 Å². The minimum Gasteiger partial charge on any atom is -0.466 e. The molecule has 3 atom stereocenters. The monoisotopic (exact) mass is 442 g/mol. The van der Waals surface area contributed by atoms with Gasteiger partial charge < -0.3 is 24.1 Å². The van der Waals surface area contributed by atoms with E-state index in [9.17, 15) is 14.7 Å². The number of ether oxygens (including phenoxy) is 4. The highest BCUT2D eigenvalue weighted by atomic mass is 16.6. The average molecular weight is 443 g/mol. The summed E-state index contributed by atoms with van der Waals surface area (Å²) in [4.78, 5) is 22.8. The molecule has 32 heavy (non-hydrogen) atoms. The molecule has 0 aliphatic heterocycles. The van der Waals surface area contributed by atoms with Crippen molar-refractivity contribution in [2.45, 2.75) is 44.9 Å². The zero-order valence-electron chi connectivity index (χ0n) is 18.4. The van der Waals surface area contributed by atoms with E-state index in [0.29, 0.717) is 6.61 Å². The summed E-state index contributed by atoms with van der Waals surface area (Å²) >= 11 is 0. The van der Waals surface area contributed by atoms with E-state index in [4.69, 9.17) is 14.2 Å². The van der Waals surface area contributed by atoms with Gasteiger partial charge in [-0.1, -0.05) is 60.7 Å². The Balaban J connectivity index is 2.11. The molecular weight excluding hydrogens is 412 g/mol. The third-order valence-corrected chi connectivity index (χ3v) is 4.61. The van der Waals surface area contributed by atoms with Gasteiger partial charge in [0.15, 0.2) is 0 Å². The lowest BCUT2D eigenvalue weighted by atomic mass is 10.1. The number of hydrogen-bond acceptors (Lipinski definition) is 7. The first-order chi connectivity index (χ1) is 15.5. The summed E-state index contributed by atoms with van der Waals surface area (Å²) in [6.45, 7) is 1.63. The van der Waals surface area contributed by atoms with Gasteiger partial charge in [-0.2, -0.15) is 0 Å². The molecule has 0 unspecified atom stereocenters. The maximum absolute atomic E-state index is 11.6. The predicted octanol–water partition coefficient (Wildman–Crippen LogP) is 3.20. The molecule has 7 heteroatoms. The lowest BCUT2D eigenvalue weighted by molar-refractivity contribution is -0.149. The van der Waals surface area contributed by atoms with Crippen LogP contribution in [0.5, 0.6) is 0 Å². The van der Waals surface area contributed by atoms with Crippen LogP contribution in [0.25, 0.3) is 0 Å². The van der Waals surface area contributed by atoms with Crippen LogP contribution in [0.4, 0.5) is 0 Å². The van der Waals surface area contributed by atoms with Crippen LogP contribution >= 0.6 is 0 Å². The first-order valence-corrected chi connectivity index (χ1v) is 10.4. The third-order valence-electron chi connectivity index (χ3n) is 4.61. The van der Waals surface area contributed by atoms with Crippen LogP contribution in [0, 0.1) is 0 Å². The second-order valence-corrected chi connectivity index (χ2v) is 7.16. The van der Waals surface area contributed by atoms with Crippen molar-refractivity contribution in [1.29, 1.82) is 0 Å². The standard InChI is InChI=1S/C25H30O7/c1-19(26)30-18-23(27)24(32-17-21-11-7-4-8-12-21)15-22(13-14-25(28)29-2)31-16-20-9-5-3-6-10-20/h3-14,22-24,27H,15-18H2,1-2H3/b14-13+/t22-,23+,24-/m0/s1. The van der Waals surface area contributed by atoms with Crippen LogP contribution in [0.2, 0.25) is 0 Å². The van der Waals surface area contributed by atoms with E-state index in [1.165, 1.54) is 20.1 Å². The Kier molecular flexibility index (Phi) is 11.2. The van der Waals surface area contributed by atoms with Crippen molar-refractivity contribution in [2.24, 2.45) is 0 Å². The maximum Gasteiger partial charge on any atom is 0.330 e. The van der Waals surface area contributed by atoms with Crippen molar-refractivity contribution in [3.05, 3.63) is 83.9 Å². The number of rotatable bonds is 13. The molecule has 0 radical (unpaired) electrons. The molecule has 0 spiro atoms. The van der Waals surface area contributed by atoms with Crippen LogP contribution in [0.3, 0.4) is 0 Å². The van der Waals surface area contributed by atoms with Crippen molar-refractivity contribution in [2.75, 3.05) is 13.7 Å². The smallest absolute Gasteiger partial charge is 0.330 e. The van der Waals surface area contributed by atoms with E-state index in [-0.39, 0.29) is 19.6 Å². The number of carbonyl (C=O) groups is 2. The van der Waals surface area contributed by atoms with Crippen LogP contribution in [0.15, 0.2) is 72.8 Å². The Hall–Kier alpha value is -3.00. The van der Waals surface area contributed by atoms with Gasteiger partial charge in [0.1, 0.15) is 12.7 Å². The number of esters is 2. The molecular formula is C25H30O7. The van der Waals surface area contributed by atoms with Gasteiger partial charge in [0, 0.05) is 19.4 Å². The van der Waals surface area contributed by atoms with Crippen molar-refractivity contribution in [3.63, 3.8) is 0 Å². The van der Waals surface area contributed by atoms with Crippen LogP contribution in [-0.4, -0.2) is 49.1 Å². The number of aliphatic hydroxyl groups is 1. The number of benzene rings is 2. The molecule has 172 valence electrons. The quantitative estimate of drug-likeness (QED) is 0.376. The minimum absolute atomic E-state index is 0.207. The third kappa shape index (κ3) is 9.87. The Morgan fingerprint density at radius 1 is 0.938 bits per heavy atom. The van der Waals surface area contributed by atoms with Gasteiger partial charge in [0.2, 0.25) is 0 Å². The average Bonchev–Trinajstić information content (AvgIpc) is 2.82. The molecule has 2 aromatic rings. The number of methoxy groups -OCH3 is 1. The van der Waals surface area contributed by atoms with Crippen molar-refractivity contribution in [3.8, 4) is 0 Å². The fraction of sp³-hybridized carbons (Fsp3) is 0.360. The lowest BCUT2D eigenvalue weighted by Crippen LogP contribution is -2.36. The zero-order valence-corrected chi connectivity index (χ0v) is 18.4. The molecule has 2 aromatic carbocycles. The van der Waals surface area contributed by atoms with Gasteiger partial charge in [0.25, 0.3) is 0 Å². The van der Waals surface area contributed by atoms with Gasteiger partial charge in [-0.05, 0) is 17.2 Å². The summed E-state index contributed by atoms with van der Waals surface area (Å²) in [5.41, 5.74) is 1.90. The van der Waals surface area contributed by atoms with E-state index < -0.39 is 30.3 Å². The number of hydrogen-bond donors (Lipinski definition) is 1. The fourth-order valence-corrected chi connectivity index (χ4v) is 2.89. The van der Waals surface area contributed by atoms with Gasteiger partial charge in [-0.3, -0.25) is 4.79 Å². The molecule has 0 amide bonds. The first kappa shape index (κ1) is 25.3. The molecule has 0 heterocycles. The lowest BCUT2D eigenvalue weighted by Gasteiger charge is -2.26. The molecule has 0 aromatic heterocycles. The molecule has 1 N–H and O–H groups in total. The molecule has 7 nitrogen and oxygen atoms in total. The predicted molar refractivity (Wildman–Crippen MR) is 118 cm³/mol. The summed E-state index contributed by atoms with van der Waals surface area (Å²) in [6.07, 6.45) is 0.751. The molecule has 0 saturated carbocycles. The van der Waals surface area contributed by atoms with E-state index >= 15 is 0 Å². The van der Waals surface area contributed by atoms with Crippen molar-refractivity contribution in [1.82, 2.24) is 0 Å². The number of aliphatic hydroxyl groups excluding tert-OH is 1. The van der Waals surface area contributed by atoms with Crippen molar-refractivity contribution >= 4 is 11.9 Å². The second-order valence-electron chi connectivity index (χ2n) is 7.16. The molecule has 0 fully saturated rings. The summed E-state index contributed by atoms with van der Waals surface area (Å²) < 4.78 is 21.6. The fourth-order valence-electron chi connectivity index (χ4n) is 2.89. The molecule has 0 saturated heterocycles. The zero-order chi connectivity index (χ0) is 23.2. The summed E-state index contributed by atoms with van der Waals surface area (Å²) in [5.74, 6) is -1.01. The Morgan fingerprint density at radius 2 is 1.50 bits per heavy atom. The Morgan fingerprint density at radius 3 is 2.03 bits per heavy atom. The van der Waals surface area contributed by atoms with Crippen LogP contribution < -0.4 is 0 Å². The Labute approximate surface area is 188 Å². The van der Waals surface area contributed by atoms with E-state index in [2.05, 4.69) is 4.74 Å². The molecule has 2 rings (SSSR count). The summed E-state index contributed by atoms with van der Waals surface area (Å²) in [5, 5.41) is 10.6. The van der Waals surface area contributed by atoms with Gasteiger partial charge in [-0.25, -0.2) is 4.79 Å². The van der Waals surface area contributed by atoms with Crippen molar-refractivity contribution < 1.29 is 33.6 Å². The highest BCUT2D eigenvalue weighted by Crippen LogP contribution is 2.17. The Bertz CT molecular complexity index is 836. The molecule has 0 bridgehead atoms. The van der Waals surface area contributed by atoms with Gasteiger partial charge >= 0.3 is 11.9 Å². The van der Waals surface area contributed by atoms with Crippen LogP contribution in [0.1, 0.15) is 24.5 Å². The van der Waals surface area contributed by atoms with E-state index in [0.717, 1.165) is 11.1 Å². The highest BCUT2D eigenvalue weighted by Gasteiger charge is 2.25. The number of carbonyl (C=O) groups excluding carboxylic acids is 2. The normalized spacial score (nSPS) is 14.0. The SMILES string of the molecule is COC(=O)/C=C/[C@@H](C[C@H](OCc1ccccc1)[C@H](O)COC(C)=O)OCc1ccccc1. The highest BCUT2D eigenvalue weighted by molar-refractivity contribution is 5.81. The molecule has 0 aliphatic carbocycles. The second kappa shape index (κ2) is 14.1. The van der Waals surface area contributed by atoms with E-state index in [1.807, 2.05) is 60.7 Å². The minimum atomic E-state index is -1.07. The van der Waals surface area contributed by atoms with E-state index in [1.54, 1.807) is 6.08 Å². The summed E-state index contributed by atoms with van der Waals surface area (Å²) in [7, 11) is 1.29. The largest absolute Gasteiger partial charge is 0.466 e. The van der Waals surface area contributed by atoms with Gasteiger partial charge in [-0.15, -0.1) is 0 Å². The molecule has 0 aliphatic rings.